The van der Waals surface area contributed by atoms with Crippen molar-refractivity contribution < 1.29 is 8.42 Å². The van der Waals surface area contributed by atoms with E-state index in [0.29, 0.717) is 6.54 Å². The number of hydrogen-bond acceptors (Lipinski definition) is 4. The predicted octanol–water partition coefficient (Wildman–Crippen LogP) is 1.17. The zero-order chi connectivity index (χ0) is 16.1. The highest BCUT2D eigenvalue weighted by Crippen LogP contribution is 2.11. The molecule has 5 nitrogen and oxygen atoms in total. The Morgan fingerprint density at radius 2 is 1.81 bits per heavy atom. The molecule has 0 radical (unpaired) electrons. The maximum atomic E-state index is 12.2. The zero-order valence-electron chi connectivity index (χ0n) is 13.6. The van der Waals surface area contributed by atoms with E-state index in [1.807, 2.05) is 64.2 Å². The molecule has 0 bridgehead atoms. The number of sulfonamides is 1. The molecule has 0 aliphatic heterocycles. The largest absolute Gasteiger partial charge is 0.316 e. The number of nitrogens with one attached hydrogen (secondary N) is 2. The van der Waals surface area contributed by atoms with E-state index in [-0.39, 0.29) is 11.3 Å². The molecular weight excluding hydrogens is 286 g/mol. The summed E-state index contributed by atoms with van der Waals surface area (Å²) in [5.74, 6) is 0.00800. The number of likely N-dealkylation sites (N-methyl/N-ethyl adjacent to an activating group) is 1. The van der Waals surface area contributed by atoms with Crippen molar-refractivity contribution in [2.24, 2.45) is 0 Å². The second-order valence-corrected chi connectivity index (χ2v) is 7.94. The van der Waals surface area contributed by atoms with Crippen molar-refractivity contribution in [1.82, 2.24) is 14.9 Å². The van der Waals surface area contributed by atoms with Crippen LogP contribution in [0.4, 0.5) is 0 Å². The summed E-state index contributed by atoms with van der Waals surface area (Å²) in [5, 5.41) is 3.06. The molecule has 0 aromatic heterocycles. The summed E-state index contributed by atoms with van der Waals surface area (Å²) in [6.07, 6.45) is 0. The Kier molecular flexibility index (Phi) is 6.34. The molecule has 0 unspecified atom stereocenters. The van der Waals surface area contributed by atoms with Crippen LogP contribution in [-0.2, 0) is 22.3 Å². The van der Waals surface area contributed by atoms with Gasteiger partial charge in [-0.25, -0.2) is 13.1 Å². The maximum absolute atomic E-state index is 12.2. The average molecular weight is 313 g/mol. The van der Waals surface area contributed by atoms with Gasteiger partial charge in [-0.3, -0.25) is 0 Å². The smallest absolute Gasteiger partial charge is 0.215 e. The van der Waals surface area contributed by atoms with E-state index >= 15 is 0 Å². The van der Waals surface area contributed by atoms with Crippen molar-refractivity contribution in [2.75, 3.05) is 27.7 Å². The van der Waals surface area contributed by atoms with Gasteiger partial charge in [-0.2, -0.15) is 0 Å². The van der Waals surface area contributed by atoms with Crippen LogP contribution in [0.5, 0.6) is 0 Å². The molecule has 1 rings (SSSR count). The van der Waals surface area contributed by atoms with Gasteiger partial charge in [0.25, 0.3) is 0 Å². The number of rotatable bonds is 8. The van der Waals surface area contributed by atoms with Crippen LogP contribution in [-0.4, -0.2) is 46.5 Å². The van der Waals surface area contributed by atoms with Gasteiger partial charge in [-0.05, 0) is 46.1 Å². The summed E-state index contributed by atoms with van der Waals surface area (Å²) in [5.41, 5.74) is 1.66. The van der Waals surface area contributed by atoms with Gasteiger partial charge in [0, 0.05) is 18.6 Å². The molecule has 0 amide bonds. The average Bonchev–Trinajstić information content (AvgIpc) is 2.37. The summed E-state index contributed by atoms with van der Waals surface area (Å²) in [6.45, 7) is 5.12. The van der Waals surface area contributed by atoms with Gasteiger partial charge in [-0.15, -0.1) is 0 Å². The van der Waals surface area contributed by atoms with Gasteiger partial charge < -0.3 is 10.2 Å². The topological polar surface area (TPSA) is 61.4 Å². The minimum atomic E-state index is -3.33. The Morgan fingerprint density at radius 3 is 2.38 bits per heavy atom. The first-order valence-corrected chi connectivity index (χ1v) is 8.69. The zero-order valence-corrected chi connectivity index (χ0v) is 14.4. The standard InChI is InChI=1S/C15H27N3O2S/c1-15(2,18(4)5)12-17-21(19,20)11-14-8-6-7-13(9-14)10-16-3/h6-9,16-17H,10-12H2,1-5H3. The first-order chi connectivity index (χ1) is 9.66. The second kappa shape index (κ2) is 7.35. The normalized spacial score (nSPS) is 12.9. The van der Waals surface area contributed by atoms with Crippen molar-refractivity contribution in [3.8, 4) is 0 Å². The van der Waals surface area contributed by atoms with E-state index < -0.39 is 10.0 Å². The lowest BCUT2D eigenvalue weighted by Crippen LogP contribution is -2.48. The Bertz CT molecular complexity index is 554. The van der Waals surface area contributed by atoms with Crippen LogP contribution in [0.1, 0.15) is 25.0 Å². The molecule has 1 aromatic carbocycles. The molecule has 120 valence electrons. The van der Waals surface area contributed by atoms with Crippen LogP contribution < -0.4 is 10.0 Å². The number of nitrogens with zero attached hydrogens (tertiary/aromatic N) is 1. The molecule has 0 aliphatic carbocycles. The molecule has 0 atom stereocenters. The summed E-state index contributed by atoms with van der Waals surface area (Å²) in [6, 6.07) is 7.64. The predicted molar refractivity (Wildman–Crippen MR) is 87.6 cm³/mol. The molecule has 0 aliphatic rings. The third-order valence-corrected chi connectivity index (χ3v) is 4.96. The van der Waals surface area contributed by atoms with Gasteiger partial charge in [0.05, 0.1) is 5.75 Å². The second-order valence-electron chi connectivity index (χ2n) is 6.14. The maximum Gasteiger partial charge on any atom is 0.215 e. The van der Waals surface area contributed by atoms with Crippen molar-refractivity contribution >= 4 is 10.0 Å². The van der Waals surface area contributed by atoms with Crippen LogP contribution in [0.3, 0.4) is 0 Å². The third-order valence-electron chi connectivity index (χ3n) is 3.66. The highest BCUT2D eigenvalue weighted by atomic mass is 32.2. The fourth-order valence-corrected chi connectivity index (χ4v) is 3.04. The fraction of sp³-hybridized carbons (Fsp3) is 0.600. The summed E-state index contributed by atoms with van der Waals surface area (Å²) in [7, 11) is 2.42. The SMILES string of the molecule is CNCc1cccc(CS(=O)(=O)NCC(C)(C)N(C)C)c1. The molecule has 0 spiro atoms. The monoisotopic (exact) mass is 313 g/mol. The minimum Gasteiger partial charge on any atom is -0.316 e. The molecule has 21 heavy (non-hydrogen) atoms. The van der Waals surface area contributed by atoms with E-state index in [1.165, 1.54) is 0 Å². The van der Waals surface area contributed by atoms with Crippen molar-refractivity contribution in [3.63, 3.8) is 0 Å². The molecule has 6 heteroatoms. The minimum absolute atomic E-state index is 0.00800. The lowest BCUT2D eigenvalue weighted by molar-refractivity contribution is 0.199. The fourth-order valence-electron chi connectivity index (χ4n) is 1.75. The van der Waals surface area contributed by atoms with Crippen molar-refractivity contribution in [2.45, 2.75) is 31.7 Å². The lowest BCUT2D eigenvalue weighted by atomic mass is 10.1. The quantitative estimate of drug-likeness (QED) is 0.756. The van der Waals surface area contributed by atoms with Gasteiger partial charge in [0.2, 0.25) is 10.0 Å². The van der Waals surface area contributed by atoms with Crippen molar-refractivity contribution in [1.29, 1.82) is 0 Å². The van der Waals surface area contributed by atoms with Gasteiger partial charge >= 0.3 is 0 Å². The van der Waals surface area contributed by atoms with E-state index in [2.05, 4.69) is 10.0 Å². The molecular formula is C15H27N3O2S. The molecule has 2 N–H and O–H groups in total. The Balaban J connectivity index is 2.70. The van der Waals surface area contributed by atoms with Gasteiger partial charge in [0.15, 0.2) is 0 Å². The van der Waals surface area contributed by atoms with Crippen LogP contribution in [0, 0.1) is 0 Å². The summed E-state index contributed by atoms with van der Waals surface area (Å²) < 4.78 is 27.1. The third kappa shape index (κ3) is 6.13. The number of hydrogen-bond donors (Lipinski definition) is 2. The molecule has 1 aromatic rings. The van der Waals surface area contributed by atoms with Crippen LogP contribution >= 0.6 is 0 Å². The van der Waals surface area contributed by atoms with Crippen LogP contribution in [0.25, 0.3) is 0 Å². The summed E-state index contributed by atoms with van der Waals surface area (Å²) in [4.78, 5) is 2.00. The highest BCUT2D eigenvalue weighted by Gasteiger charge is 2.23. The Labute approximate surface area is 128 Å². The molecule has 0 heterocycles. The van der Waals surface area contributed by atoms with Crippen LogP contribution in [0.15, 0.2) is 24.3 Å². The van der Waals surface area contributed by atoms with E-state index in [9.17, 15) is 8.42 Å². The van der Waals surface area contributed by atoms with E-state index in [4.69, 9.17) is 0 Å². The van der Waals surface area contributed by atoms with Crippen molar-refractivity contribution in [3.05, 3.63) is 35.4 Å². The lowest BCUT2D eigenvalue weighted by Gasteiger charge is -2.32. The van der Waals surface area contributed by atoms with E-state index in [0.717, 1.165) is 17.7 Å². The Morgan fingerprint density at radius 1 is 1.19 bits per heavy atom. The van der Waals surface area contributed by atoms with E-state index in [1.54, 1.807) is 0 Å². The first-order valence-electron chi connectivity index (χ1n) is 7.03. The molecule has 0 fully saturated rings. The van der Waals surface area contributed by atoms with Gasteiger partial charge in [0.1, 0.15) is 0 Å². The molecule has 0 saturated carbocycles. The first kappa shape index (κ1) is 18.1. The number of benzene rings is 1. The van der Waals surface area contributed by atoms with Crippen LogP contribution in [0.2, 0.25) is 0 Å². The highest BCUT2D eigenvalue weighted by molar-refractivity contribution is 7.88. The van der Waals surface area contributed by atoms with Gasteiger partial charge in [-0.1, -0.05) is 24.3 Å². The Hall–Kier alpha value is -0.950. The molecule has 0 saturated heterocycles. The summed E-state index contributed by atoms with van der Waals surface area (Å²) >= 11 is 0.